The molecule has 1 fully saturated rings. The molecule has 1 aliphatic heterocycles. The van der Waals surface area contributed by atoms with Gasteiger partial charge >= 0.3 is 0 Å². The molecule has 1 aliphatic rings. The highest BCUT2D eigenvalue weighted by Gasteiger charge is 2.47. The van der Waals surface area contributed by atoms with Gasteiger partial charge in [-0.05, 0) is 39.5 Å². The SMILES string of the molecule is COCCC(C)N1C(=O)C(CC(C)C)NC(=O)C1(C)C. The predicted octanol–water partition coefficient (Wildman–Crippen LogP) is 1.56. The van der Waals surface area contributed by atoms with E-state index in [1.54, 1.807) is 25.9 Å². The Kier molecular flexibility index (Phi) is 5.57. The standard InChI is InChI=1S/C15H28N2O3/c1-10(2)9-12-13(18)17(11(3)7-8-20-6)15(4,5)14(19)16-12/h10-12H,7-9H2,1-6H3,(H,16,19). The Bertz CT molecular complexity index is 366. The Labute approximate surface area is 122 Å². The molecule has 2 atom stereocenters. The minimum atomic E-state index is -0.808. The second-order valence-electron chi connectivity index (χ2n) is 6.55. The van der Waals surface area contributed by atoms with E-state index in [1.807, 2.05) is 6.92 Å². The number of piperazine rings is 1. The van der Waals surface area contributed by atoms with E-state index in [0.717, 1.165) is 6.42 Å². The summed E-state index contributed by atoms with van der Waals surface area (Å²) in [7, 11) is 1.64. The molecule has 1 heterocycles. The number of nitrogens with zero attached hydrogens (tertiary/aromatic N) is 1. The number of rotatable bonds is 6. The van der Waals surface area contributed by atoms with Gasteiger partial charge < -0.3 is 15.0 Å². The number of nitrogens with one attached hydrogen (secondary N) is 1. The van der Waals surface area contributed by atoms with Crippen LogP contribution in [0.15, 0.2) is 0 Å². The summed E-state index contributed by atoms with van der Waals surface area (Å²) >= 11 is 0. The highest BCUT2D eigenvalue weighted by Crippen LogP contribution is 2.27. The first kappa shape index (κ1) is 17.0. The second kappa shape index (κ2) is 6.57. The molecule has 2 unspecified atom stereocenters. The van der Waals surface area contributed by atoms with E-state index in [-0.39, 0.29) is 17.9 Å². The van der Waals surface area contributed by atoms with Crippen molar-refractivity contribution in [3.8, 4) is 0 Å². The Balaban J connectivity index is 2.95. The van der Waals surface area contributed by atoms with Crippen molar-refractivity contribution in [3.05, 3.63) is 0 Å². The van der Waals surface area contributed by atoms with E-state index in [4.69, 9.17) is 4.74 Å². The highest BCUT2D eigenvalue weighted by molar-refractivity contribution is 5.99. The molecule has 5 heteroatoms. The molecule has 0 radical (unpaired) electrons. The molecular weight excluding hydrogens is 256 g/mol. The monoisotopic (exact) mass is 284 g/mol. The van der Waals surface area contributed by atoms with Gasteiger partial charge in [0, 0.05) is 19.8 Å². The van der Waals surface area contributed by atoms with Crippen molar-refractivity contribution < 1.29 is 14.3 Å². The molecule has 0 aromatic carbocycles. The summed E-state index contributed by atoms with van der Waals surface area (Å²) in [5.74, 6) is 0.306. The van der Waals surface area contributed by atoms with E-state index in [2.05, 4.69) is 19.2 Å². The molecule has 0 aromatic heterocycles. The van der Waals surface area contributed by atoms with Crippen LogP contribution in [0.25, 0.3) is 0 Å². The first-order valence-electron chi connectivity index (χ1n) is 7.34. The molecule has 0 saturated carbocycles. The van der Waals surface area contributed by atoms with Crippen LogP contribution in [-0.2, 0) is 14.3 Å². The lowest BCUT2D eigenvalue weighted by molar-refractivity contribution is -0.159. The second-order valence-corrected chi connectivity index (χ2v) is 6.55. The van der Waals surface area contributed by atoms with Crippen LogP contribution in [-0.4, -0.2) is 48.1 Å². The first-order chi connectivity index (χ1) is 9.21. The lowest BCUT2D eigenvalue weighted by atomic mass is 9.90. The third-order valence-corrected chi connectivity index (χ3v) is 3.89. The Morgan fingerprint density at radius 2 is 1.90 bits per heavy atom. The van der Waals surface area contributed by atoms with Gasteiger partial charge in [-0.2, -0.15) is 0 Å². The maximum atomic E-state index is 12.7. The fourth-order valence-electron chi connectivity index (χ4n) is 2.77. The smallest absolute Gasteiger partial charge is 0.246 e. The van der Waals surface area contributed by atoms with Crippen LogP contribution in [0.2, 0.25) is 0 Å². The number of carbonyl (C=O) groups excluding carboxylic acids is 2. The molecule has 0 spiro atoms. The van der Waals surface area contributed by atoms with Crippen LogP contribution in [0.5, 0.6) is 0 Å². The van der Waals surface area contributed by atoms with Crippen molar-refractivity contribution in [2.24, 2.45) is 5.92 Å². The van der Waals surface area contributed by atoms with Gasteiger partial charge in [0.15, 0.2) is 0 Å². The number of hydrogen-bond acceptors (Lipinski definition) is 3. The van der Waals surface area contributed by atoms with Crippen molar-refractivity contribution in [1.29, 1.82) is 0 Å². The van der Waals surface area contributed by atoms with Crippen LogP contribution in [0, 0.1) is 5.92 Å². The summed E-state index contributed by atoms with van der Waals surface area (Å²) in [6, 6.07) is -0.418. The average molecular weight is 284 g/mol. The number of ether oxygens (including phenoxy) is 1. The number of carbonyl (C=O) groups is 2. The van der Waals surface area contributed by atoms with Crippen LogP contribution in [0.4, 0.5) is 0 Å². The minimum Gasteiger partial charge on any atom is -0.385 e. The molecule has 1 N–H and O–H groups in total. The van der Waals surface area contributed by atoms with Crippen molar-refractivity contribution in [2.45, 2.75) is 65.1 Å². The van der Waals surface area contributed by atoms with Crippen molar-refractivity contribution in [2.75, 3.05) is 13.7 Å². The lowest BCUT2D eigenvalue weighted by Gasteiger charge is -2.47. The van der Waals surface area contributed by atoms with Crippen molar-refractivity contribution in [3.63, 3.8) is 0 Å². The zero-order valence-corrected chi connectivity index (χ0v) is 13.5. The van der Waals surface area contributed by atoms with Gasteiger partial charge in [-0.3, -0.25) is 9.59 Å². The van der Waals surface area contributed by atoms with Gasteiger partial charge in [0.05, 0.1) is 0 Å². The van der Waals surface area contributed by atoms with Gasteiger partial charge in [-0.15, -0.1) is 0 Å². The zero-order valence-electron chi connectivity index (χ0n) is 13.5. The fourth-order valence-corrected chi connectivity index (χ4v) is 2.77. The van der Waals surface area contributed by atoms with E-state index in [9.17, 15) is 9.59 Å². The largest absolute Gasteiger partial charge is 0.385 e. The summed E-state index contributed by atoms with van der Waals surface area (Å²) in [6.45, 7) is 10.3. The van der Waals surface area contributed by atoms with Crippen molar-refractivity contribution in [1.82, 2.24) is 10.2 Å². The Morgan fingerprint density at radius 1 is 1.30 bits per heavy atom. The lowest BCUT2D eigenvalue weighted by Crippen LogP contribution is -2.70. The van der Waals surface area contributed by atoms with Gasteiger partial charge in [0.1, 0.15) is 11.6 Å². The van der Waals surface area contributed by atoms with E-state index in [0.29, 0.717) is 18.9 Å². The molecule has 116 valence electrons. The molecule has 20 heavy (non-hydrogen) atoms. The molecule has 2 amide bonds. The van der Waals surface area contributed by atoms with E-state index >= 15 is 0 Å². The summed E-state index contributed by atoms with van der Waals surface area (Å²) < 4.78 is 5.09. The summed E-state index contributed by atoms with van der Waals surface area (Å²) in [6.07, 6.45) is 1.40. The average Bonchev–Trinajstić information content (AvgIpc) is 2.33. The number of amides is 2. The molecule has 5 nitrogen and oxygen atoms in total. The summed E-state index contributed by atoms with van der Waals surface area (Å²) in [5, 5.41) is 2.87. The van der Waals surface area contributed by atoms with Crippen molar-refractivity contribution >= 4 is 11.8 Å². The minimum absolute atomic E-state index is 0.0156. The Hall–Kier alpha value is -1.10. The summed E-state index contributed by atoms with van der Waals surface area (Å²) in [4.78, 5) is 26.7. The molecule has 1 saturated heterocycles. The topological polar surface area (TPSA) is 58.6 Å². The van der Waals surface area contributed by atoms with Crippen LogP contribution in [0.3, 0.4) is 0 Å². The molecule has 1 rings (SSSR count). The maximum Gasteiger partial charge on any atom is 0.246 e. The molecule has 0 aliphatic carbocycles. The van der Waals surface area contributed by atoms with Crippen LogP contribution >= 0.6 is 0 Å². The van der Waals surface area contributed by atoms with Gasteiger partial charge in [-0.25, -0.2) is 0 Å². The summed E-state index contributed by atoms with van der Waals surface area (Å²) in [5.41, 5.74) is -0.808. The Morgan fingerprint density at radius 3 is 2.40 bits per heavy atom. The zero-order chi connectivity index (χ0) is 15.5. The quantitative estimate of drug-likeness (QED) is 0.805. The molecular formula is C15H28N2O3. The first-order valence-corrected chi connectivity index (χ1v) is 7.34. The third kappa shape index (κ3) is 3.51. The van der Waals surface area contributed by atoms with E-state index in [1.165, 1.54) is 0 Å². The van der Waals surface area contributed by atoms with Crippen LogP contribution in [0.1, 0.15) is 47.5 Å². The van der Waals surface area contributed by atoms with Crippen LogP contribution < -0.4 is 5.32 Å². The fraction of sp³-hybridized carbons (Fsp3) is 0.867. The maximum absolute atomic E-state index is 12.7. The highest BCUT2D eigenvalue weighted by atomic mass is 16.5. The molecule has 0 aromatic rings. The molecule has 0 bridgehead atoms. The van der Waals surface area contributed by atoms with Gasteiger partial charge in [0.2, 0.25) is 11.8 Å². The van der Waals surface area contributed by atoms with E-state index < -0.39 is 11.6 Å². The van der Waals surface area contributed by atoms with Gasteiger partial charge in [0.25, 0.3) is 0 Å². The predicted molar refractivity (Wildman–Crippen MR) is 78.3 cm³/mol. The van der Waals surface area contributed by atoms with Gasteiger partial charge in [-0.1, -0.05) is 13.8 Å². The normalized spacial score (nSPS) is 23.9. The number of hydrogen-bond donors (Lipinski definition) is 1. The third-order valence-electron chi connectivity index (χ3n) is 3.89. The number of methoxy groups -OCH3 is 1.